The lowest BCUT2D eigenvalue weighted by Gasteiger charge is -2.10. The van der Waals surface area contributed by atoms with E-state index in [1.165, 1.54) is 83.5 Å². The Hall–Kier alpha value is -1.77. The molecular formula is C26H43NO2. The molecule has 0 aliphatic rings. The molecule has 1 rings (SSSR count). The van der Waals surface area contributed by atoms with E-state index in [0.717, 1.165) is 24.2 Å². The zero-order chi connectivity index (χ0) is 21.0. The van der Waals surface area contributed by atoms with E-state index < -0.39 is 5.97 Å². The quantitative estimate of drug-likeness (QED) is 0.184. The highest BCUT2D eigenvalue weighted by Gasteiger charge is 2.05. The van der Waals surface area contributed by atoms with Gasteiger partial charge in [-0.1, -0.05) is 95.1 Å². The van der Waals surface area contributed by atoms with Crippen LogP contribution < -0.4 is 5.32 Å². The molecule has 1 aromatic carbocycles. The molecule has 0 aromatic heterocycles. The smallest absolute Gasteiger partial charge is 0.307 e. The normalized spacial score (nSPS) is 11.2. The van der Waals surface area contributed by atoms with Crippen molar-refractivity contribution in [3.8, 4) is 0 Å². The number of allylic oxidation sites excluding steroid dienone is 2. The summed E-state index contributed by atoms with van der Waals surface area (Å²) < 4.78 is 0. The SMILES string of the molecule is CCCCCCCCC=CCCCCCCCCNc1ccccc1CC(=O)O. The Bertz CT molecular complexity index is 553. The predicted octanol–water partition coefficient (Wildman–Crippen LogP) is 7.76. The van der Waals surface area contributed by atoms with Crippen LogP contribution in [0, 0.1) is 0 Å². The average Bonchev–Trinajstić information content (AvgIpc) is 2.71. The fourth-order valence-electron chi connectivity index (χ4n) is 3.61. The van der Waals surface area contributed by atoms with Crippen molar-refractivity contribution in [2.45, 2.75) is 103 Å². The number of nitrogens with one attached hydrogen (secondary N) is 1. The summed E-state index contributed by atoms with van der Waals surface area (Å²) in [6.45, 7) is 3.19. The number of para-hydroxylation sites is 1. The van der Waals surface area contributed by atoms with Crippen LogP contribution in [-0.4, -0.2) is 17.6 Å². The van der Waals surface area contributed by atoms with Gasteiger partial charge < -0.3 is 10.4 Å². The third-order valence-electron chi connectivity index (χ3n) is 5.36. The van der Waals surface area contributed by atoms with E-state index in [4.69, 9.17) is 5.11 Å². The van der Waals surface area contributed by atoms with Gasteiger partial charge in [-0.05, 0) is 43.7 Å². The molecule has 0 heterocycles. The summed E-state index contributed by atoms with van der Waals surface area (Å²) in [5.41, 5.74) is 1.83. The zero-order valence-electron chi connectivity index (χ0n) is 18.6. The molecule has 0 unspecified atom stereocenters. The van der Waals surface area contributed by atoms with Crippen LogP contribution in [0.2, 0.25) is 0 Å². The standard InChI is InChI=1S/C26H43NO2/c1-2-3-4-5-6-7-8-9-10-11-12-13-14-15-16-19-22-27-25-21-18-17-20-24(25)23-26(28)29/h9-10,17-18,20-21,27H,2-8,11-16,19,22-23H2,1H3,(H,28,29). The van der Waals surface area contributed by atoms with E-state index in [9.17, 15) is 4.79 Å². The number of benzene rings is 1. The van der Waals surface area contributed by atoms with Crippen molar-refractivity contribution in [3.63, 3.8) is 0 Å². The maximum atomic E-state index is 10.9. The zero-order valence-corrected chi connectivity index (χ0v) is 18.6. The minimum Gasteiger partial charge on any atom is -0.481 e. The highest BCUT2D eigenvalue weighted by Crippen LogP contribution is 2.16. The maximum absolute atomic E-state index is 10.9. The molecule has 0 radical (unpaired) electrons. The van der Waals surface area contributed by atoms with Crippen LogP contribution in [-0.2, 0) is 11.2 Å². The largest absolute Gasteiger partial charge is 0.481 e. The van der Waals surface area contributed by atoms with Crippen LogP contribution in [0.4, 0.5) is 5.69 Å². The van der Waals surface area contributed by atoms with Crippen molar-refractivity contribution in [2.75, 3.05) is 11.9 Å². The molecule has 0 fully saturated rings. The Kier molecular flexibility index (Phi) is 15.9. The van der Waals surface area contributed by atoms with Gasteiger partial charge in [-0.15, -0.1) is 0 Å². The number of hydrogen-bond acceptors (Lipinski definition) is 2. The number of carboxylic acids is 1. The van der Waals surface area contributed by atoms with E-state index in [1.54, 1.807) is 0 Å². The molecule has 0 bridgehead atoms. The Balaban J connectivity index is 1.90. The molecular weight excluding hydrogens is 358 g/mol. The highest BCUT2D eigenvalue weighted by atomic mass is 16.4. The highest BCUT2D eigenvalue weighted by molar-refractivity contribution is 5.73. The van der Waals surface area contributed by atoms with Crippen molar-refractivity contribution in [1.29, 1.82) is 0 Å². The van der Waals surface area contributed by atoms with Crippen LogP contribution in [0.25, 0.3) is 0 Å². The molecule has 0 spiro atoms. The van der Waals surface area contributed by atoms with Crippen molar-refractivity contribution in [1.82, 2.24) is 0 Å². The number of anilines is 1. The Morgan fingerprint density at radius 1 is 0.828 bits per heavy atom. The van der Waals surface area contributed by atoms with Gasteiger partial charge >= 0.3 is 5.97 Å². The lowest BCUT2D eigenvalue weighted by molar-refractivity contribution is -0.136. The third-order valence-corrected chi connectivity index (χ3v) is 5.36. The monoisotopic (exact) mass is 401 g/mol. The number of hydrogen-bond donors (Lipinski definition) is 2. The van der Waals surface area contributed by atoms with Gasteiger partial charge in [-0.3, -0.25) is 4.79 Å². The molecule has 0 atom stereocenters. The predicted molar refractivity (Wildman–Crippen MR) is 126 cm³/mol. The molecule has 164 valence electrons. The van der Waals surface area contributed by atoms with Crippen molar-refractivity contribution < 1.29 is 9.90 Å². The molecule has 1 aromatic rings. The molecule has 3 nitrogen and oxygen atoms in total. The van der Waals surface area contributed by atoms with Gasteiger partial charge in [0.15, 0.2) is 0 Å². The third kappa shape index (κ3) is 14.8. The minimum atomic E-state index is -0.781. The van der Waals surface area contributed by atoms with Crippen molar-refractivity contribution in [3.05, 3.63) is 42.0 Å². The van der Waals surface area contributed by atoms with Crippen molar-refractivity contribution in [2.24, 2.45) is 0 Å². The van der Waals surface area contributed by atoms with E-state index in [2.05, 4.69) is 24.4 Å². The Morgan fingerprint density at radius 3 is 2.00 bits per heavy atom. The number of carbonyl (C=O) groups is 1. The van der Waals surface area contributed by atoms with Crippen LogP contribution in [0.15, 0.2) is 36.4 Å². The first-order valence-electron chi connectivity index (χ1n) is 11.9. The summed E-state index contributed by atoms with van der Waals surface area (Å²) >= 11 is 0. The van der Waals surface area contributed by atoms with Gasteiger partial charge in [-0.25, -0.2) is 0 Å². The number of unbranched alkanes of at least 4 members (excludes halogenated alkanes) is 12. The maximum Gasteiger partial charge on any atom is 0.307 e. The van der Waals surface area contributed by atoms with Crippen molar-refractivity contribution >= 4 is 11.7 Å². The fraction of sp³-hybridized carbons (Fsp3) is 0.654. The molecule has 0 aliphatic carbocycles. The van der Waals surface area contributed by atoms with Gasteiger partial charge in [0, 0.05) is 12.2 Å². The summed E-state index contributed by atoms with van der Waals surface area (Å²) in [7, 11) is 0. The molecule has 0 amide bonds. The van der Waals surface area contributed by atoms with E-state index in [1.807, 2.05) is 24.3 Å². The lowest BCUT2D eigenvalue weighted by Crippen LogP contribution is -2.07. The Morgan fingerprint density at radius 2 is 1.38 bits per heavy atom. The number of carboxylic acid groups (broad SMARTS) is 1. The Labute approximate surface area is 179 Å². The minimum absolute atomic E-state index is 0.0799. The number of aliphatic carboxylic acids is 1. The van der Waals surface area contributed by atoms with Crippen LogP contribution in [0.1, 0.15) is 102 Å². The summed E-state index contributed by atoms with van der Waals surface area (Å²) in [5, 5.41) is 12.4. The summed E-state index contributed by atoms with van der Waals surface area (Å²) in [6.07, 6.45) is 23.3. The first-order chi connectivity index (χ1) is 14.2. The van der Waals surface area contributed by atoms with Gasteiger partial charge in [0.2, 0.25) is 0 Å². The molecule has 29 heavy (non-hydrogen) atoms. The van der Waals surface area contributed by atoms with E-state index in [-0.39, 0.29) is 6.42 Å². The van der Waals surface area contributed by atoms with Gasteiger partial charge in [0.25, 0.3) is 0 Å². The second-order valence-electron chi connectivity index (χ2n) is 8.09. The average molecular weight is 402 g/mol. The molecule has 3 heteroatoms. The molecule has 0 saturated heterocycles. The first kappa shape index (κ1) is 25.3. The van der Waals surface area contributed by atoms with E-state index >= 15 is 0 Å². The summed E-state index contributed by atoms with van der Waals surface area (Å²) in [5.74, 6) is -0.781. The topological polar surface area (TPSA) is 49.3 Å². The van der Waals surface area contributed by atoms with Gasteiger partial charge in [-0.2, -0.15) is 0 Å². The summed E-state index contributed by atoms with van der Waals surface area (Å²) in [6, 6.07) is 7.71. The lowest BCUT2D eigenvalue weighted by atomic mass is 10.1. The second-order valence-corrected chi connectivity index (χ2v) is 8.09. The number of rotatable bonds is 19. The second kappa shape index (κ2) is 18.3. The fourth-order valence-corrected chi connectivity index (χ4v) is 3.61. The van der Waals surface area contributed by atoms with Crippen LogP contribution in [0.3, 0.4) is 0 Å². The van der Waals surface area contributed by atoms with Crippen LogP contribution in [0.5, 0.6) is 0 Å². The first-order valence-corrected chi connectivity index (χ1v) is 11.9. The molecule has 2 N–H and O–H groups in total. The van der Waals surface area contributed by atoms with Crippen LogP contribution >= 0.6 is 0 Å². The molecule has 0 aliphatic heterocycles. The molecule has 0 saturated carbocycles. The van der Waals surface area contributed by atoms with Gasteiger partial charge in [0.05, 0.1) is 6.42 Å². The van der Waals surface area contributed by atoms with E-state index in [0.29, 0.717) is 0 Å². The van der Waals surface area contributed by atoms with Gasteiger partial charge in [0.1, 0.15) is 0 Å². The summed E-state index contributed by atoms with van der Waals surface area (Å²) in [4.78, 5) is 10.9.